The molecule has 0 aromatic carbocycles. The first-order valence-electron chi connectivity index (χ1n) is 6.34. The average molecular weight is 354 g/mol. The number of aliphatic imine (C=N–C) groups is 1. The molecule has 2 aromatic rings. The summed E-state index contributed by atoms with van der Waals surface area (Å²) < 4.78 is 4.59. The largest absolute Gasteiger partial charge is 0.456 e. The van der Waals surface area contributed by atoms with E-state index in [0.717, 1.165) is 0 Å². The maximum Gasteiger partial charge on any atom is 0.303 e. The van der Waals surface area contributed by atoms with E-state index in [0.29, 0.717) is 21.5 Å². The predicted molar refractivity (Wildman–Crippen MR) is 87.2 cm³/mol. The fourth-order valence-corrected chi connectivity index (χ4v) is 2.87. The number of esters is 1. The van der Waals surface area contributed by atoms with E-state index in [1.54, 1.807) is 5.38 Å². The molecule has 2 rings (SSSR count). The third kappa shape index (κ3) is 5.30. The van der Waals surface area contributed by atoms with E-state index >= 15 is 0 Å². The van der Waals surface area contributed by atoms with E-state index in [1.165, 1.54) is 29.6 Å². The van der Waals surface area contributed by atoms with Crippen molar-refractivity contribution in [2.45, 2.75) is 13.5 Å². The Morgan fingerprint density at radius 1 is 1.26 bits per heavy atom. The lowest BCUT2D eigenvalue weighted by atomic mass is 10.4. The normalized spacial score (nSPS) is 10.1. The maximum atomic E-state index is 11.4. The molecule has 5 N–H and O–H groups in total. The quantitative estimate of drug-likeness (QED) is 0.385. The summed E-state index contributed by atoms with van der Waals surface area (Å²) in [5.41, 5.74) is 11.9. The molecule has 23 heavy (non-hydrogen) atoms. The molecule has 2 heterocycles. The molecule has 0 aliphatic heterocycles. The number of nitrogens with two attached hydrogens (primary N) is 2. The molecule has 0 unspecified atom stereocenters. The Morgan fingerprint density at radius 2 is 1.96 bits per heavy atom. The molecule has 0 spiro atoms. The van der Waals surface area contributed by atoms with Gasteiger partial charge in [-0.2, -0.15) is 4.99 Å². The third-order valence-corrected chi connectivity index (χ3v) is 3.96. The first-order valence-corrected chi connectivity index (χ1v) is 8.10. The van der Waals surface area contributed by atoms with Gasteiger partial charge in [0.15, 0.2) is 12.6 Å². The molecule has 2 aromatic heterocycles. The highest BCUT2D eigenvalue weighted by Gasteiger charge is 2.10. The lowest BCUT2D eigenvalue weighted by Crippen LogP contribution is -2.27. The number of ether oxygens (including phenoxy) is 1. The van der Waals surface area contributed by atoms with Gasteiger partial charge in [0.1, 0.15) is 16.4 Å². The van der Waals surface area contributed by atoms with E-state index in [9.17, 15) is 9.59 Å². The summed E-state index contributed by atoms with van der Waals surface area (Å²) in [6.45, 7) is 1.18. The number of carbonyl (C=O) groups is 2. The Bertz CT molecular complexity index is 735. The molecule has 0 atom stereocenters. The molecule has 0 saturated heterocycles. The zero-order chi connectivity index (χ0) is 16.8. The summed E-state index contributed by atoms with van der Waals surface area (Å²) in [6.07, 6.45) is 0. The van der Waals surface area contributed by atoms with Crippen molar-refractivity contribution in [3.8, 4) is 11.4 Å². The summed E-state index contributed by atoms with van der Waals surface area (Å²) in [5.74, 6) is -0.946. The van der Waals surface area contributed by atoms with Crippen LogP contribution in [0.1, 0.15) is 11.9 Å². The molecule has 0 aliphatic rings. The number of carbonyl (C=O) groups excluding carboxylic acids is 2. The van der Waals surface area contributed by atoms with E-state index in [4.69, 9.17) is 11.5 Å². The molecule has 1 amide bonds. The van der Waals surface area contributed by atoms with Gasteiger partial charge in [-0.15, -0.1) is 22.7 Å². The van der Waals surface area contributed by atoms with Crippen molar-refractivity contribution >= 4 is 45.6 Å². The van der Waals surface area contributed by atoms with Crippen molar-refractivity contribution in [2.24, 2.45) is 16.5 Å². The van der Waals surface area contributed by atoms with Crippen molar-refractivity contribution in [1.82, 2.24) is 15.3 Å². The minimum Gasteiger partial charge on any atom is -0.456 e. The highest BCUT2D eigenvalue weighted by Crippen LogP contribution is 2.27. The second kappa shape index (κ2) is 7.65. The number of aromatic nitrogens is 2. The van der Waals surface area contributed by atoms with Gasteiger partial charge in [-0.1, -0.05) is 0 Å². The molecule has 0 aliphatic carbocycles. The Labute approximate surface area is 139 Å². The fraction of sp³-hybridized carbons (Fsp3) is 0.250. The average Bonchev–Trinajstić information content (AvgIpc) is 3.11. The zero-order valence-corrected chi connectivity index (χ0v) is 13.7. The maximum absolute atomic E-state index is 11.4. The van der Waals surface area contributed by atoms with Crippen molar-refractivity contribution in [2.75, 3.05) is 6.61 Å². The SMILES string of the molecule is CC(=O)OCC(=O)NCc1nc(-c2csc(N=C(N)N)n2)cs1. The minimum atomic E-state index is -0.503. The highest BCUT2D eigenvalue weighted by atomic mass is 32.1. The van der Waals surface area contributed by atoms with Crippen molar-refractivity contribution in [1.29, 1.82) is 0 Å². The number of thiazole rings is 2. The number of nitrogens with one attached hydrogen (secondary N) is 1. The van der Waals surface area contributed by atoms with Crippen LogP contribution in [0.4, 0.5) is 5.13 Å². The van der Waals surface area contributed by atoms with Crippen LogP contribution in [-0.2, 0) is 20.9 Å². The zero-order valence-electron chi connectivity index (χ0n) is 12.1. The molecular formula is C12H14N6O3S2. The molecular weight excluding hydrogens is 340 g/mol. The van der Waals surface area contributed by atoms with Gasteiger partial charge in [0.2, 0.25) is 5.13 Å². The number of amides is 1. The van der Waals surface area contributed by atoms with E-state index in [1.807, 2.05) is 5.38 Å². The molecule has 9 nitrogen and oxygen atoms in total. The number of guanidine groups is 1. The molecule has 0 fully saturated rings. The van der Waals surface area contributed by atoms with Gasteiger partial charge in [0, 0.05) is 17.7 Å². The van der Waals surface area contributed by atoms with Gasteiger partial charge < -0.3 is 21.5 Å². The van der Waals surface area contributed by atoms with Crippen LogP contribution in [0.25, 0.3) is 11.4 Å². The van der Waals surface area contributed by atoms with E-state index in [2.05, 4.69) is 25.0 Å². The second-order valence-corrected chi connectivity index (χ2v) is 6.01. The van der Waals surface area contributed by atoms with Crippen LogP contribution in [0, 0.1) is 0 Å². The summed E-state index contributed by atoms with van der Waals surface area (Å²) in [5, 5.41) is 7.37. The second-order valence-electron chi connectivity index (χ2n) is 4.24. The first-order chi connectivity index (χ1) is 10.9. The minimum absolute atomic E-state index is 0.0552. The number of hydrogen-bond donors (Lipinski definition) is 3. The topological polar surface area (TPSA) is 146 Å². The summed E-state index contributed by atoms with van der Waals surface area (Å²) in [4.78, 5) is 34.5. The van der Waals surface area contributed by atoms with Gasteiger partial charge in [-0.3, -0.25) is 9.59 Å². The van der Waals surface area contributed by atoms with Crippen LogP contribution in [-0.4, -0.2) is 34.4 Å². The van der Waals surface area contributed by atoms with Crippen LogP contribution in [0.15, 0.2) is 15.8 Å². The van der Waals surface area contributed by atoms with Crippen LogP contribution in [0.5, 0.6) is 0 Å². The highest BCUT2D eigenvalue weighted by molar-refractivity contribution is 7.13. The van der Waals surface area contributed by atoms with Crippen LogP contribution in [0.3, 0.4) is 0 Å². The Morgan fingerprint density at radius 3 is 2.65 bits per heavy atom. The summed E-state index contributed by atoms with van der Waals surface area (Å²) in [6, 6.07) is 0. The molecule has 0 radical (unpaired) electrons. The smallest absolute Gasteiger partial charge is 0.303 e. The van der Waals surface area contributed by atoms with Gasteiger partial charge in [0.05, 0.1) is 6.54 Å². The van der Waals surface area contributed by atoms with E-state index in [-0.39, 0.29) is 25.0 Å². The Balaban J connectivity index is 1.93. The van der Waals surface area contributed by atoms with Crippen molar-refractivity contribution < 1.29 is 14.3 Å². The van der Waals surface area contributed by atoms with Crippen LogP contribution in [0.2, 0.25) is 0 Å². The molecule has 122 valence electrons. The Kier molecular flexibility index (Phi) is 5.60. The molecule has 0 saturated carbocycles. The van der Waals surface area contributed by atoms with Crippen LogP contribution < -0.4 is 16.8 Å². The van der Waals surface area contributed by atoms with Crippen molar-refractivity contribution in [3.05, 3.63) is 15.8 Å². The number of hydrogen-bond acceptors (Lipinski definition) is 8. The van der Waals surface area contributed by atoms with Crippen molar-refractivity contribution in [3.63, 3.8) is 0 Å². The molecule has 11 heteroatoms. The third-order valence-electron chi connectivity index (χ3n) is 2.37. The lowest BCUT2D eigenvalue weighted by molar-refractivity contribution is -0.146. The molecule has 0 bridgehead atoms. The predicted octanol–water partition coefficient (Wildman–Crippen LogP) is 0.351. The summed E-state index contributed by atoms with van der Waals surface area (Å²) in [7, 11) is 0. The fourth-order valence-electron chi connectivity index (χ4n) is 1.45. The van der Waals surface area contributed by atoms with E-state index < -0.39 is 5.97 Å². The lowest BCUT2D eigenvalue weighted by Gasteiger charge is -2.02. The Hall–Kier alpha value is -2.53. The number of nitrogens with zero attached hydrogens (tertiary/aromatic N) is 3. The first kappa shape index (κ1) is 16.8. The van der Waals surface area contributed by atoms with Gasteiger partial charge in [-0.25, -0.2) is 9.97 Å². The monoisotopic (exact) mass is 354 g/mol. The summed E-state index contributed by atoms with van der Waals surface area (Å²) >= 11 is 2.68. The number of rotatable bonds is 6. The van der Waals surface area contributed by atoms with Gasteiger partial charge in [-0.05, 0) is 0 Å². The van der Waals surface area contributed by atoms with Crippen LogP contribution >= 0.6 is 22.7 Å². The van der Waals surface area contributed by atoms with Gasteiger partial charge >= 0.3 is 5.97 Å². The van der Waals surface area contributed by atoms with Gasteiger partial charge in [0.25, 0.3) is 5.91 Å². The standard InChI is InChI=1S/C12H14N6O3S2/c1-6(19)21-3-9(20)15-2-10-16-7(4-22-10)8-5-23-12(17-8)18-11(13)14/h4-5H,2-3H2,1H3,(H,15,20)(H4,13,14,17,18).